The topological polar surface area (TPSA) is 85.2 Å². The van der Waals surface area contributed by atoms with E-state index in [2.05, 4.69) is 25.7 Å². The first-order valence-corrected chi connectivity index (χ1v) is 9.75. The Morgan fingerprint density at radius 3 is 2.66 bits per heavy atom. The summed E-state index contributed by atoms with van der Waals surface area (Å²) in [5, 5.41) is 14.7. The van der Waals surface area contributed by atoms with Crippen molar-refractivity contribution in [2.24, 2.45) is 0 Å². The smallest absolute Gasteiger partial charge is 0.253 e. The number of hydrogen-bond donors (Lipinski definition) is 1. The van der Waals surface area contributed by atoms with Crippen LogP contribution in [0, 0.1) is 0 Å². The lowest BCUT2D eigenvalue weighted by atomic mass is 9.99. The van der Waals surface area contributed by atoms with Gasteiger partial charge in [-0.1, -0.05) is 42.5 Å². The summed E-state index contributed by atoms with van der Waals surface area (Å²) < 4.78 is 6.94. The van der Waals surface area contributed by atoms with Crippen LogP contribution in [0.15, 0.2) is 54.9 Å². The first-order chi connectivity index (χ1) is 14.2. The van der Waals surface area contributed by atoms with E-state index in [1.807, 2.05) is 49.4 Å². The number of hydrogen-bond acceptors (Lipinski definition) is 6. The van der Waals surface area contributed by atoms with Gasteiger partial charge in [0, 0.05) is 31.2 Å². The SMILES string of the molecule is CC(CN1CCOCC1)NC(=O)c1cccc(-c2ccccc2)c1-n1cnnn1. The lowest BCUT2D eigenvalue weighted by molar-refractivity contribution is 0.0342. The summed E-state index contributed by atoms with van der Waals surface area (Å²) in [6, 6.07) is 15.6. The molecule has 8 nitrogen and oxygen atoms in total. The Morgan fingerprint density at radius 1 is 1.14 bits per heavy atom. The van der Waals surface area contributed by atoms with Crippen LogP contribution in [0.2, 0.25) is 0 Å². The second-order valence-electron chi connectivity index (χ2n) is 7.11. The van der Waals surface area contributed by atoms with Gasteiger partial charge in [-0.15, -0.1) is 5.10 Å². The highest BCUT2D eigenvalue weighted by molar-refractivity contribution is 6.00. The molecule has 0 radical (unpaired) electrons. The van der Waals surface area contributed by atoms with E-state index in [0.29, 0.717) is 11.3 Å². The standard InChI is InChI=1S/C21H24N6O2/c1-16(14-26-10-12-29-13-11-26)23-21(28)19-9-5-8-18(17-6-3-2-4-7-17)20(19)27-15-22-24-25-27/h2-9,15-16H,10-14H2,1H3,(H,23,28). The number of morpholine rings is 1. The minimum Gasteiger partial charge on any atom is -0.379 e. The van der Waals surface area contributed by atoms with Gasteiger partial charge >= 0.3 is 0 Å². The highest BCUT2D eigenvalue weighted by Gasteiger charge is 2.21. The van der Waals surface area contributed by atoms with Gasteiger partial charge in [0.25, 0.3) is 5.91 Å². The lowest BCUT2D eigenvalue weighted by Crippen LogP contribution is -2.46. The summed E-state index contributed by atoms with van der Waals surface area (Å²) in [6.07, 6.45) is 1.51. The molecular formula is C21H24N6O2. The predicted octanol–water partition coefficient (Wildman–Crippen LogP) is 1.78. The first-order valence-electron chi connectivity index (χ1n) is 9.75. The number of carbonyl (C=O) groups is 1. The maximum Gasteiger partial charge on any atom is 0.253 e. The van der Waals surface area contributed by atoms with Crippen molar-refractivity contribution in [3.8, 4) is 16.8 Å². The molecule has 0 saturated carbocycles. The molecule has 0 aliphatic carbocycles. The number of amides is 1. The molecule has 1 aliphatic heterocycles. The summed E-state index contributed by atoms with van der Waals surface area (Å²) >= 11 is 0. The van der Waals surface area contributed by atoms with E-state index >= 15 is 0 Å². The number of nitrogens with one attached hydrogen (secondary N) is 1. The third kappa shape index (κ3) is 4.49. The summed E-state index contributed by atoms with van der Waals surface area (Å²) in [5.74, 6) is -0.144. The van der Waals surface area contributed by atoms with Crippen LogP contribution < -0.4 is 5.32 Å². The van der Waals surface area contributed by atoms with Gasteiger partial charge in [0.2, 0.25) is 0 Å². The fourth-order valence-electron chi connectivity index (χ4n) is 3.61. The van der Waals surface area contributed by atoms with E-state index in [1.54, 1.807) is 10.7 Å². The van der Waals surface area contributed by atoms with Crippen LogP contribution in [0.3, 0.4) is 0 Å². The largest absolute Gasteiger partial charge is 0.379 e. The molecule has 1 aliphatic rings. The van der Waals surface area contributed by atoms with Crippen LogP contribution in [0.5, 0.6) is 0 Å². The fraction of sp³-hybridized carbons (Fsp3) is 0.333. The maximum absolute atomic E-state index is 13.2. The summed E-state index contributed by atoms with van der Waals surface area (Å²) in [7, 11) is 0. The lowest BCUT2D eigenvalue weighted by Gasteiger charge is -2.29. The van der Waals surface area contributed by atoms with Crippen LogP contribution in [0.25, 0.3) is 16.8 Å². The Hall–Kier alpha value is -3.10. The van der Waals surface area contributed by atoms with Crippen LogP contribution in [0.1, 0.15) is 17.3 Å². The molecule has 0 spiro atoms. The zero-order chi connectivity index (χ0) is 20.1. The average molecular weight is 392 g/mol. The third-order valence-electron chi connectivity index (χ3n) is 4.96. The van der Waals surface area contributed by atoms with Crippen molar-refractivity contribution < 1.29 is 9.53 Å². The molecule has 3 aromatic rings. The molecule has 8 heteroatoms. The Bertz CT molecular complexity index is 939. The fourth-order valence-corrected chi connectivity index (χ4v) is 3.61. The molecule has 150 valence electrons. The van der Waals surface area contributed by atoms with Gasteiger partial charge in [-0.05, 0) is 29.0 Å². The molecule has 1 unspecified atom stereocenters. The van der Waals surface area contributed by atoms with Gasteiger partial charge < -0.3 is 10.1 Å². The number of para-hydroxylation sites is 1. The van der Waals surface area contributed by atoms with E-state index < -0.39 is 0 Å². The van der Waals surface area contributed by atoms with Gasteiger partial charge in [-0.2, -0.15) is 4.68 Å². The maximum atomic E-state index is 13.2. The molecule has 0 bridgehead atoms. The number of benzene rings is 2. The van der Waals surface area contributed by atoms with Gasteiger partial charge in [0.15, 0.2) is 0 Å². The van der Waals surface area contributed by atoms with E-state index in [9.17, 15) is 4.79 Å². The molecule has 1 aromatic heterocycles. The number of nitrogens with zero attached hydrogens (tertiary/aromatic N) is 5. The van der Waals surface area contributed by atoms with E-state index in [-0.39, 0.29) is 11.9 Å². The van der Waals surface area contributed by atoms with Crippen LogP contribution in [0.4, 0.5) is 0 Å². The Balaban J connectivity index is 1.62. The van der Waals surface area contributed by atoms with Gasteiger partial charge in [-0.3, -0.25) is 9.69 Å². The molecule has 2 aromatic carbocycles. The molecule has 1 atom stereocenters. The van der Waals surface area contributed by atoms with Crippen molar-refractivity contribution in [2.75, 3.05) is 32.8 Å². The average Bonchev–Trinajstić information content (AvgIpc) is 3.29. The van der Waals surface area contributed by atoms with Crippen LogP contribution >= 0.6 is 0 Å². The predicted molar refractivity (Wildman–Crippen MR) is 109 cm³/mol. The molecule has 1 N–H and O–H groups in total. The summed E-state index contributed by atoms with van der Waals surface area (Å²) in [4.78, 5) is 15.5. The second-order valence-corrected chi connectivity index (χ2v) is 7.11. The van der Waals surface area contributed by atoms with E-state index in [1.165, 1.54) is 6.33 Å². The number of carbonyl (C=O) groups excluding carboxylic acids is 1. The number of aromatic nitrogens is 4. The molecule has 29 heavy (non-hydrogen) atoms. The molecule has 1 saturated heterocycles. The van der Waals surface area contributed by atoms with Gasteiger partial charge in [0.05, 0.1) is 24.5 Å². The van der Waals surface area contributed by atoms with Crippen LogP contribution in [-0.2, 0) is 4.74 Å². The molecule has 4 rings (SSSR count). The minimum absolute atomic E-state index is 0.00250. The molecule has 1 fully saturated rings. The zero-order valence-corrected chi connectivity index (χ0v) is 16.4. The Morgan fingerprint density at radius 2 is 1.93 bits per heavy atom. The summed E-state index contributed by atoms with van der Waals surface area (Å²) in [5.41, 5.74) is 3.09. The first kappa shape index (κ1) is 19.2. The minimum atomic E-state index is -0.144. The third-order valence-corrected chi connectivity index (χ3v) is 4.96. The molecular weight excluding hydrogens is 368 g/mol. The van der Waals surface area contributed by atoms with E-state index in [0.717, 1.165) is 44.0 Å². The van der Waals surface area contributed by atoms with Crippen molar-refractivity contribution in [3.63, 3.8) is 0 Å². The highest BCUT2D eigenvalue weighted by atomic mass is 16.5. The van der Waals surface area contributed by atoms with Crippen molar-refractivity contribution in [1.82, 2.24) is 30.4 Å². The number of rotatable bonds is 6. The highest BCUT2D eigenvalue weighted by Crippen LogP contribution is 2.29. The quantitative estimate of drug-likeness (QED) is 0.688. The second kappa shape index (κ2) is 8.93. The number of tetrazole rings is 1. The van der Waals surface area contributed by atoms with E-state index in [4.69, 9.17) is 4.74 Å². The monoisotopic (exact) mass is 392 g/mol. The van der Waals surface area contributed by atoms with Crippen LogP contribution in [-0.4, -0.2) is 69.9 Å². The van der Waals surface area contributed by atoms with Crippen molar-refractivity contribution >= 4 is 5.91 Å². The zero-order valence-electron chi connectivity index (χ0n) is 16.4. The molecule has 2 heterocycles. The molecule has 1 amide bonds. The Kier molecular flexibility index (Phi) is 5.92. The Labute approximate surface area is 169 Å². The van der Waals surface area contributed by atoms with Crippen molar-refractivity contribution in [3.05, 3.63) is 60.4 Å². The number of ether oxygens (including phenoxy) is 1. The van der Waals surface area contributed by atoms with Crippen molar-refractivity contribution in [2.45, 2.75) is 13.0 Å². The van der Waals surface area contributed by atoms with Gasteiger partial charge in [0.1, 0.15) is 6.33 Å². The van der Waals surface area contributed by atoms with Gasteiger partial charge in [-0.25, -0.2) is 0 Å². The summed E-state index contributed by atoms with van der Waals surface area (Å²) in [6.45, 7) is 6.06. The van der Waals surface area contributed by atoms with Crippen molar-refractivity contribution in [1.29, 1.82) is 0 Å². The normalized spacial score (nSPS) is 15.8.